The van der Waals surface area contributed by atoms with Gasteiger partial charge in [-0.1, -0.05) is 31.2 Å². The lowest BCUT2D eigenvalue weighted by Gasteiger charge is -2.14. The molecule has 2 aromatic rings. The van der Waals surface area contributed by atoms with Crippen LogP contribution in [0.2, 0.25) is 0 Å². The Morgan fingerprint density at radius 3 is 2.83 bits per heavy atom. The van der Waals surface area contributed by atoms with E-state index in [4.69, 9.17) is 5.73 Å². The second kappa shape index (κ2) is 5.60. The molecule has 1 atom stereocenters. The number of pyridine rings is 1. The van der Waals surface area contributed by atoms with Crippen LogP contribution in [-0.2, 0) is 0 Å². The van der Waals surface area contributed by atoms with E-state index in [9.17, 15) is 4.79 Å². The monoisotopic (exact) mass is 243 g/mol. The van der Waals surface area contributed by atoms with Gasteiger partial charge in [0.1, 0.15) is 5.69 Å². The predicted molar refractivity (Wildman–Crippen MR) is 72.3 cm³/mol. The van der Waals surface area contributed by atoms with E-state index in [1.807, 2.05) is 37.3 Å². The van der Waals surface area contributed by atoms with Crippen LogP contribution in [0, 0.1) is 0 Å². The summed E-state index contributed by atoms with van der Waals surface area (Å²) in [6.45, 7) is 2.43. The Morgan fingerprint density at radius 1 is 1.33 bits per heavy atom. The van der Waals surface area contributed by atoms with E-state index in [0.717, 1.165) is 17.3 Å². The average Bonchev–Trinajstić information content (AvgIpc) is 2.44. The number of benzene rings is 1. The van der Waals surface area contributed by atoms with Gasteiger partial charge in [-0.25, -0.2) is 4.98 Å². The standard InChI is InChI=1S/C14H17N3O/c1-2-11(9-15)16-14(18)13-8-7-10-5-3-4-6-12(10)17-13/h3-8,11H,2,9,15H2,1H3,(H,16,18). The maximum atomic E-state index is 12.0. The summed E-state index contributed by atoms with van der Waals surface area (Å²) in [4.78, 5) is 16.3. The third kappa shape index (κ3) is 2.65. The zero-order valence-electron chi connectivity index (χ0n) is 10.4. The fourth-order valence-electron chi connectivity index (χ4n) is 1.78. The van der Waals surface area contributed by atoms with Crippen molar-refractivity contribution < 1.29 is 4.79 Å². The van der Waals surface area contributed by atoms with Gasteiger partial charge in [-0.15, -0.1) is 0 Å². The molecule has 0 aliphatic rings. The largest absolute Gasteiger partial charge is 0.347 e. The van der Waals surface area contributed by atoms with Crippen LogP contribution in [0.1, 0.15) is 23.8 Å². The first-order valence-electron chi connectivity index (χ1n) is 6.11. The SMILES string of the molecule is CCC(CN)NC(=O)c1ccc2ccccc2n1. The van der Waals surface area contributed by atoms with Gasteiger partial charge in [0.15, 0.2) is 0 Å². The van der Waals surface area contributed by atoms with E-state index in [-0.39, 0.29) is 11.9 Å². The molecular weight excluding hydrogens is 226 g/mol. The number of carbonyl (C=O) groups excluding carboxylic acids is 1. The molecule has 2 rings (SSSR count). The smallest absolute Gasteiger partial charge is 0.270 e. The van der Waals surface area contributed by atoms with Crippen LogP contribution >= 0.6 is 0 Å². The van der Waals surface area contributed by atoms with E-state index < -0.39 is 0 Å². The summed E-state index contributed by atoms with van der Waals surface area (Å²) in [5.74, 6) is -0.168. The predicted octanol–water partition coefficient (Wildman–Crippen LogP) is 1.70. The summed E-state index contributed by atoms with van der Waals surface area (Å²) in [5.41, 5.74) is 6.82. The maximum absolute atomic E-state index is 12.0. The second-order valence-corrected chi connectivity index (χ2v) is 4.20. The highest BCUT2D eigenvalue weighted by Crippen LogP contribution is 2.11. The van der Waals surface area contributed by atoms with Gasteiger partial charge < -0.3 is 11.1 Å². The number of rotatable bonds is 4. The molecule has 1 aromatic carbocycles. The molecule has 1 amide bonds. The van der Waals surface area contributed by atoms with Crippen LogP contribution in [-0.4, -0.2) is 23.5 Å². The Kier molecular flexibility index (Phi) is 3.89. The Bertz CT molecular complexity index is 549. The van der Waals surface area contributed by atoms with Crippen molar-refractivity contribution in [2.45, 2.75) is 19.4 Å². The third-order valence-electron chi connectivity index (χ3n) is 2.94. The lowest BCUT2D eigenvalue weighted by atomic mass is 10.2. The molecule has 0 saturated heterocycles. The summed E-state index contributed by atoms with van der Waals surface area (Å²) >= 11 is 0. The second-order valence-electron chi connectivity index (χ2n) is 4.20. The molecule has 0 bridgehead atoms. The normalized spacial score (nSPS) is 12.3. The maximum Gasteiger partial charge on any atom is 0.270 e. The number of hydrogen-bond donors (Lipinski definition) is 2. The molecule has 0 aliphatic carbocycles. The average molecular weight is 243 g/mol. The molecule has 4 nitrogen and oxygen atoms in total. The van der Waals surface area contributed by atoms with Crippen molar-refractivity contribution in [3.63, 3.8) is 0 Å². The minimum Gasteiger partial charge on any atom is -0.347 e. The lowest BCUT2D eigenvalue weighted by molar-refractivity contribution is 0.0932. The minimum absolute atomic E-state index is 0.00534. The lowest BCUT2D eigenvalue weighted by Crippen LogP contribution is -2.39. The number of aromatic nitrogens is 1. The number of nitrogens with two attached hydrogens (primary N) is 1. The minimum atomic E-state index is -0.168. The summed E-state index contributed by atoms with van der Waals surface area (Å²) in [5, 5.41) is 3.90. The molecule has 1 aromatic heterocycles. The number of amides is 1. The van der Waals surface area contributed by atoms with E-state index in [1.165, 1.54) is 0 Å². The molecule has 18 heavy (non-hydrogen) atoms. The van der Waals surface area contributed by atoms with Crippen LogP contribution in [0.3, 0.4) is 0 Å². The molecule has 0 aliphatic heterocycles. The molecule has 0 radical (unpaired) electrons. The Balaban J connectivity index is 2.22. The molecular formula is C14H17N3O. The van der Waals surface area contributed by atoms with Crippen LogP contribution in [0.25, 0.3) is 10.9 Å². The van der Waals surface area contributed by atoms with E-state index in [2.05, 4.69) is 10.3 Å². The summed E-state index contributed by atoms with van der Waals surface area (Å²) in [6, 6.07) is 11.4. The molecule has 4 heteroatoms. The molecule has 1 unspecified atom stereocenters. The molecule has 1 heterocycles. The topological polar surface area (TPSA) is 68.0 Å². The van der Waals surface area contributed by atoms with Crippen molar-refractivity contribution >= 4 is 16.8 Å². The molecule has 0 fully saturated rings. The Hall–Kier alpha value is -1.94. The van der Waals surface area contributed by atoms with Crippen LogP contribution in [0.4, 0.5) is 0 Å². The Labute approximate surface area is 106 Å². The van der Waals surface area contributed by atoms with Crippen molar-refractivity contribution in [1.29, 1.82) is 0 Å². The highest BCUT2D eigenvalue weighted by molar-refractivity contribution is 5.95. The van der Waals surface area contributed by atoms with Gasteiger partial charge >= 0.3 is 0 Å². The quantitative estimate of drug-likeness (QED) is 0.858. The van der Waals surface area contributed by atoms with Crippen LogP contribution in [0.15, 0.2) is 36.4 Å². The van der Waals surface area contributed by atoms with Gasteiger partial charge in [0.05, 0.1) is 5.52 Å². The summed E-state index contributed by atoms with van der Waals surface area (Å²) < 4.78 is 0. The highest BCUT2D eigenvalue weighted by atomic mass is 16.1. The van der Waals surface area contributed by atoms with E-state index in [1.54, 1.807) is 6.07 Å². The van der Waals surface area contributed by atoms with Gasteiger partial charge in [0.25, 0.3) is 5.91 Å². The van der Waals surface area contributed by atoms with Gasteiger partial charge in [0, 0.05) is 18.0 Å². The number of hydrogen-bond acceptors (Lipinski definition) is 3. The number of para-hydroxylation sites is 1. The van der Waals surface area contributed by atoms with Gasteiger partial charge in [-0.2, -0.15) is 0 Å². The first kappa shape index (κ1) is 12.5. The van der Waals surface area contributed by atoms with Gasteiger partial charge in [-0.3, -0.25) is 4.79 Å². The fourth-order valence-corrected chi connectivity index (χ4v) is 1.78. The molecule has 0 saturated carbocycles. The van der Waals surface area contributed by atoms with E-state index >= 15 is 0 Å². The Morgan fingerprint density at radius 2 is 2.11 bits per heavy atom. The zero-order valence-corrected chi connectivity index (χ0v) is 10.4. The first-order chi connectivity index (χ1) is 8.74. The highest BCUT2D eigenvalue weighted by Gasteiger charge is 2.12. The third-order valence-corrected chi connectivity index (χ3v) is 2.94. The summed E-state index contributed by atoms with van der Waals surface area (Å²) in [6.07, 6.45) is 0.815. The summed E-state index contributed by atoms with van der Waals surface area (Å²) in [7, 11) is 0. The first-order valence-corrected chi connectivity index (χ1v) is 6.11. The van der Waals surface area contributed by atoms with Crippen molar-refractivity contribution in [1.82, 2.24) is 10.3 Å². The van der Waals surface area contributed by atoms with Crippen LogP contribution < -0.4 is 11.1 Å². The number of nitrogens with one attached hydrogen (secondary N) is 1. The van der Waals surface area contributed by atoms with Crippen molar-refractivity contribution in [2.24, 2.45) is 5.73 Å². The molecule has 0 spiro atoms. The molecule has 3 N–H and O–H groups in total. The number of fused-ring (bicyclic) bond motifs is 1. The molecule has 94 valence electrons. The van der Waals surface area contributed by atoms with Gasteiger partial charge in [-0.05, 0) is 18.6 Å². The number of nitrogens with zero attached hydrogens (tertiary/aromatic N) is 1. The zero-order chi connectivity index (χ0) is 13.0. The van der Waals surface area contributed by atoms with Crippen molar-refractivity contribution in [3.8, 4) is 0 Å². The van der Waals surface area contributed by atoms with Crippen molar-refractivity contribution in [2.75, 3.05) is 6.54 Å². The fraction of sp³-hybridized carbons (Fsp3) is 0.286. The van der Waals surface area contributed by atoms with Crippen LogP contribution in [0.5, 0.6) is 0 Å². The van der Waals surface area contributed by atoms with E-state index in [0.29, 0.717) is 12.2 Å². The van der Waals surface area contributed by atoms with Crippen molar-refractivity contribution in [3.05, 3.63) is 42.1 Å². The number of carbonyl (C=O) groups is 1. The van der Waals surface area contributed by atoms with Gasteiger partial charge in [0.2, 0.25) is 0 Å².